The summed E-state index contributed by atoms with van der Waals surface area (Å²) in [6.45, 7) is 0. The Balaban J connectivity index is 1.85. The van der Waals surface area contributed by atoms with E-state index < -0.39 is 5.82 Å². The van der Waals surface area contributed by atoms with Crippen molar-refractivity contribution in [3.05, 3.63) is 53.4 Å². The Bertz CT molecular complexity index is 981. The largest absolute Gasteiger partial charge is 0.453 e. The average Bonchev–Trinajstić information content (AvgIpc) is 3.19. The lowest BCUT2D eigenvalue weighted by Gasteiger charge is -2.09. The van der Waals surface area contributed by atoms with Crippen LogP contribution in [0.4, 0.5) is 10.1 Å². The van der Waals surface area contributed by atoms with Crippen LogP contribution in [-0.2, 0) is 0 Å². The maximum atomic E-state index is 14.0. The summed E-state index contributed by atoms with van der Waals surface area (Å²) in [6, 6.07) is 6.02. The first kappa shape index (κ1) is 13.7. The van der Waals surface area contributed by atoms with Crippen molar-refractivity contribution >= 4 is 28.1 Å². The van der Waals surface area contributed by atoms with E-state index in [9.17, 15) is 4.39 Å². The van der Waals surface area contributed by atoms with E-state index in [1.165, 1.54) is 23.5 Å². The molecule has 0 aliphatic heterocycles. The van der Waals surface area contributed by atoms with E-state index in [-0.39, 0.29) is 5.75 Å². The van der Waals surface area contributed by atoms with Gasteiger partial charge in [-0.15, -0.1) is 11.3 Å². The molecule has 114 valence electrons. The number of H-pyrrole nitrogens is 1. The number of benzene rings is 1. The van der Waals surface area contributed by atoms with Gasteiger partial charge in [0.25, 0.3) is 0 Å². The van der Waals surface area contributed by atoms with Crippen LogP contribution in [0.1, 0.15) is 0 Å². The molecule has 0 fully saturated rings. The molecule has 7 heteroatoms. The monoisotopic (exact) mass is 326 g/mol. The molecule has 0 aliphatic rings. The van der Waals surface area contributed by atoms with Gasteiger partial charge in [0, 0.05) is 35.1 Å². The standard InChI is InChI=1S/C16H11FN4OS/c17-11-5-9(18)1-2-13(11)22-14-3-4-19-16-15(14)10(6-20-16)12-7-23-8-21-12/h1-8H,18H2,(H,19,20). The normalized spacial score (nSPS) is 11.0. The number of hydrogen-bond donors (Lipinski definition) is 2. The Morgan fingerprint density at radius 3 is 2.87 bits per heavy atom. The van der Waals surface area contributed by atoms with Gasteiger partial charge in [-0.2, -0.15) is 0 Å². The number of hydrogen-bond acceptors (Lipinski definition) is 5. The predicted octanol–water partition coefficient (Wildman–Crippen LogP) is 4.20. The van der Waals surface area contributed by atoms with Gasteiger partial charge in [0.1, 0.15) is 11.4 Å². The van der Waals surface area contributed by atoms with Gasteiger partial charge >= 0.3 is 0 Å². The summed E-state index contributed by atoms with van der Waals surface area (Å²) in [5.74, 6) is 0.0979. The summed E-state index contributed by atoms with van der Waals surface area (Å²) < 4.78 is 19.8. The summed E-state index contributed by atoms with van der Waals surface area (Å²) in [6.07, 6.45) is 3.42. The summed E-state index contributed by atoms with van der Waals surface area (Å²) in [5, 5.41) is 2.69. The number of nitrogens with zero attached hydrogens (tertiary/aromatic N) is 2. The van der Waals surface area contributed by atoms with Gasteiger partial charge in [0.05, 0.1) is 16.6 Å². The number of rotatable bonds is 3. The van der Waals surface area contributed by atoms with E-state index in [1.54, 1.807) is 23.8 Å². The summed E-state index contributed by atoms with van der Waals surface area (Å²) in [5.41, 5.74) is 10.00. The quantitative estimate of drug-likeness (QED) is 0.553. The Labute approximate surface area is 134 Å². The molecule has 0 radical (unpaired) electrons. The number of anilines is 1. The number of pyridine rings is 1. The first-order chi connectivity index (χ1) is 11.2. The van der Waals surface area contributed by atoms with Crippen molar-refractivity contribution in [1.82, 2.24) is 15.0 Å². The van der Waals surface area contributed by atoms with Crippen molar-refractivity contribution in [2.45, 2.75) is 0 Å². The smallest absolute Gasteiger partial charge is 0.167 e. The number of fused-ring (bicyclic) bond motifs is 1. The SMILES string of the molecule is Nc1ccc(Oc2ccnc3[nH]cc(-c4cscn4)c23)c(F)c1. The Hall–Kier alpha value is -2.93. The van der Waals surface area contributed by atoms with Crippen molar-refractivity contribution in [1.29, 1.82) is 0 Å². The Morgan fingerprint density at radius 1 is 1.17 bits per heavy atom. The molecule has 0 unspecified atom stereocenters. The second-order valence-electron chi connectivity index (χ2n) is 4.90. The topological polar surface area (TPSA) is 76.8 Å². The molecular formula is C16H11FN4OS. The number of ether oxygens (including phenoxy) is 1. The molecular weight excluding hydrogens is 315 g/mol. The molecule has 4 aromatic rings. The minimum absolute atomic E-state index is 0.108. The maximum absolute atomic E-state index is 14.0. The van der Waals surface area contributed by atoms with Gasteiger partial charge in [-0.1, -0.05) is 0 Å². The minimum atomic E-state index is -0.513. The van der Waals surface area contributed by atoms with Crippen LogP contribution in [-0.4, -0.2) is 15.0 Å². The molecule has 0 saturated carbocycles. The highest BCUT2D eigenvalue weighted by Gasteiger charge is 2.15. The molecule has 4 rings (SSSR count). The molecule has 3 heterocycles. The molecule has 5 nitrogen and oxygen atoms in total. The minimum Gasteiger partial charge on any atom is -0.453 e. The maximum Gasteiger partial charge on any atom is 0.167 e. The van der Waals surface area contributed by atoms with Crippen molar-refractivity contribution in [2.24, 2.45) is 0 Å². The summed E-state index contributed by atoms with van der Waals surface area (Å²) in [4.78, 5) is 11.7. The first-order valence-corrected chi connectivity index (χ1v) is 7.74. The average molecular weight is 326 g/mol. The van der Waals surface area contributed by atoms with Gasteiger partial charge in [0.2, 0.25) is 0 Å². The van der Waals surface area contributed by atoms with Crippen LogP contribution in [0.15, 0.2) is 47.5 Å². The highest BCUT2D eigenvalue weighted by atomic mass is 32.1. The van der Waals surface area contributed by atoms with E-state index in [1.807, 2.05) is 11.6 Å². The van der Waals surface area contributed by atoms with Crippen molar-refractivity contribution in [3.63, 3.8) is 0 Å². The van der Waals surface area contributed by atoms with Gasteiger partial charge in [-0.25, -0.2) is 14.4 Å². The number of aromatic nitrogens is 3. The molecule has 0 aliphatic carbocycles. The molecule has 3 N–H and O–H groups in total. The van der Waals surface area contributed by atoms with E-state index in [2.05, 4.69) is 15.0 Å². The zero-order chi connectivity index (χ0) is 15.8. The summed E-state index contributed by atoms with van der Waals surface area (Å²) >= 11 is 1.50. The molecule has 0 atom stereocenters. The van der Waals surface area contributed by atoms with Crippen molar-refractivity contribution < 1.29 is 9.13 Å². The Morgan fingerprint density at radius 2 is 2.09 bits per heavy atom. The van der Waals surface area contributed by atoms with E-state index >= 15 is 0 Å². The fourth-order valence-corrected chi connectivity index (χ4v) is 2.93. The van der Waals surface area contributed by atoms with E-state index in [4.69, 9.17) is 10.5 Å². The molecule has 0 amide bonds. The van der Waals surface area contributed by atoms with Crippen LogP contribution >= 0.6 is 11.3 Å². The predicted molar refractivity (Wildman–Crippen MR) is 88.1 cm³/mol. The zero-order valence-corrected chi connectivity index (χ0v) is 12.6. The van der Waals surface area contributed by atoms with Crippen LogP contribution in [0.5, 0.6) is 11.5 Å². The van der Waals surface area contributed by atoms with Gasteiger partial charge in [-0.3, -0.25) is 0 Å². The van der Waals surface area contributed by atoms with Crippen LogP contribution < -0.4 is 10.5 Å². The fourth-order valence-electron chi connectivity index (χ4n) is 2.38. The molecule has 0 bridgehead atoms. The zero-order valence-electron chi connectivity index (χ0n) is 11.8. The number of nitrogens with two attached hydrogens (primary N) is 1. The molecule has 1 aromatic carbocycles. The molecule has 23 heavy (non-hydrogen) atoms. The van der Waals surface area contributed by atoms with Gasteiger partial charge < -0.3 is 15.5 Å². The van der Waals surface area contributed by atoms with Gasteiger partial charge in [0.15, 0.2) is 11.6 Å². The first-order valence-electron chi connectivity index (χ1n) is 6.80. The van der Waals surface area contributed by atoms with Crippen LogP contribution in [0.25, 0.3) is 22.3 Å². The lowest BCUT2D eigenvalue weighted by Crippen LogP contribution is -1.92. The number of nitrogen functional groups attached to an aromatic ring is 1. The van der Waals surface area contributed by atoms with Crippen molar-refractivity contribution in [2.75, 3.05) is 5.73 Å². The lowest BCUT2D eigenvalue weighted by molar-refractivity contribution is 0.446. The van der Waals surface area contributed by atoms with Crippen LogP contribution in [0, 0.1) is 5.82 Å². The highest BCUT2D eigenvalue weighted by molar-refractivity contribution is 7.07. The molecule has 3 aromatic heterocycles. The third-order valence-electron chi connectivity index (χ3n) is 3.42. The molecule has 0 spiro atoms. The van der Waals surface area contributed by atoms with Crippen molar-refractivity contribution in [3.8, 4) is 22.8 Å². The van der Waals surface area contributed by atoms with Gasteiger partial charge in [-0.05, 0) is 18.2 Å². The third-order valence-corrected chi connectivity index (χ3v) is 4.01. The number of aromatic amines is 1. The number of nitrogens with one attached hydrogen (secondary N) is 1. The van der Waals surface area contributed by atoms with E-state index in [0.29, 0.717) is 17.1 Å². The lowest BCUT2D eigenvalue weighted by atomic mass is 10.1. The number of halogens is 1. The second kappa shape index (κ2) is 5.36. The Kier molecular flexibility index (Phi) is 3.20. The number of thiazole rings is 1. The summed E-state index contributed by atoms with van der Waals surface area (Å²) in [7, 11) is 0. The fraction of sp³-hybridized carbons (Fsp3) is 0. The van der Waals surface area contributed by atoms with Crippen LogP contribution in [0.3, 0.4) is 0 Å². The highest BCUT2D eigenvalue weighted by Crippen LogP contribution is 2.37. The second-order valence-corrected chi connectivity index (χ2v) is 5.62. The van der Waals surface area contributed by atoms with Crippen LogP contribution in [0.2, 0.25) is 0 Å². The molecule has 0 saturated heterocycles. The van der Waals surface area contributed by atoms with E-state index in [0.717, 1.165) is 16.6 Å². The third kappa shape index (κ3) is 2.40.